The summed E-state index contributed by atoms with van der Waals surface area (Å²) in [4.78, 5) is 0. The molecule has 2 heteroatoms. The lowest BCUT2D eigenvalue weighted by Gasteiger charge is -2.28. The summed E-state index contributed by atoms with van der Waals surface area (Å²) in [7, 11) is 0. The molecule has 0 saturated heterocycles. The first-order chi connectivity index (χ1) is 5.94. The largest absolute Gasteiger partial charge is 0.393 e. The van der Waals surface area contributed by atoms with Gasteiger partial charge in [0.15, 0.2) is 0 Å². The summed E-state index contributed by atoms with van der Waals surface area (Å²) in [5.74, 6) is 0. The third-order valence-corrected chi connectivity index (χ3v) is 2.42. The Labute approximate surface area is 81.3 Å². The van der Waals surface area contributed by atoms with Gasteiger partial charge in [0.1, 0.15) is 0 Å². The van der Waals surface area contributed by atoms with Gasteiger partial charge >= 0.3 is 0 Å². The van der Waals surface area contributed by atoms with Gasteiger partial charge in [-0.05, 0) is 13.3 Å². The van der Waals surface area contributed by atoms with Crippen molar-refractivity contribution in [3.63, 3.8) is 0 Å². The van der Waals surface area contributed by atoms with Crippen molar-refractivity contribution in [3.05, 3.63) is 12.2 Å². The van der Waals surface area contributed by atoms with Crippen molar-refractivity contribution >= 4 is 0 Å². The van der Waals surface area contributed by atoms with Crippen LogP contribution in [-0.4, -0.2) is 22.4 Å². The van der Waals surface area contributed by atoms with Crippen molar-refractivity contribution in [2.75, 3.05) is 0 Å². The smallest absolute Gasteiger partial charge is 0.0650 e. The molecule has 0 spiro atoms. The number of hydrogen-bond donors (Lipinski definition) is 2. The van der Waals surface area contributed by atoms with Crippen LogP contribution in [-0.2, 0) is 0 Å². The molecule has 0 radical (unpaired) electrons. The Morgan fingerprint density at radius 3 is 2.23 bits per heavy atom. The molecular weight excluding hydrogens is 164 g/mol. The van der Waals surface area contributed by atoms with E-state index in [0.717, 1.165) is 0 Å². The molecule has 0 aromatic carbocycles. The highest BCUT2D eigenvalue weighted by Gasteiger charge is 2.26. The van der Waals surface area contributed by atoms with Crippen LogP contribution in [0.3, 0.4) is 0 Å². The van der Waals surface area contributed by atoms with Crippen molar-refractivity contribution in [1.82, 2.24) is 0 Å². The molecule has 0 fully saturated rings. The lowest BCUT2D eigenvalue weighted by Crippen LogP contribution is -2.31. The standard InChI is InChI=1S/C11H22O2/c1-5-7-11(3,4)10(13)8-9(12)6-2/h5,7,9-10,12-13H,6,8H2,1-4H3/t9?,10-/m0/s1. The van der Waals surface area contributed by atoms with Crippen LogP contribution in [0.25, 0.3) is 0 Å². The monoisotopic (exact) mass is 186 g/mol. The third kappa shape index (κ3) is 4.44. The summed E-state index contributed by atoms with van der Waals surface area (Å²) >= 11 is 0. The molecule has 0 amide bonds. The molecule has 0 heterocycles. The molecule has 0 rings (SSSR count). The lowest BCUT2D eigenvalue weighted by molar-refractivity contribution is 0.0252. The van der Waals surface area contributed by atoms with Crippen molar-refractivity contribution in [2.45, 2.75) is 52.7 Å². The van der Waals surface area contributed by atoms with Crippen LogP contribution in [0.1, 0.15) is 40.5 Å². The number of rotatable bonds is 5. The Morgan fingerprint density at radius 2 is 1.85 bits per heavy atom. The molecular formula is C11H22O2. The first kappa shape index (κ1) is 12.7. The predicted molar refractivity (Wildman–Crippen MR) is 55.5 cm³/mol. The Balaban J connectivity index is 4.15. The zero-order valence-corrected chi connectivity index (χ0v) is 9.12. The molecule has 13 heavy (non-hydrogen) atoms. The normalized spacial score (nSPS) is 17.7. The fourth-order valence-corrected chi connectivity index (χ4v) is 1.27. The first-order valence-corrected chi connectivity index (χ1v) is 4.94. The lowest BCUT2D eigenvalue weighted by atomic mass is 9.83. The molecule has 2 N–H and O–H groups in total. The van der Waals surface area contributed by atoms with Crippen molar-refractivity contribution in [1.29, 1.82) is 0 Å². The van der Waals surface area contributed by atoms with E-state index in [1.54, 1.807) is 0 Å². The van der Waals surface area contributed by atoms with Gasteiger partial charge < -0.3 is 10.2 Å². The van der Waals surface area contributed by atoms with E-state index in [0.29, 0.717) is 12.8 Å². The molecule has 0 aliphatic carbocycles. The molecule has 0 aliphatic rings. The fourth-order valence-electron chi connectivity index (χ4n) is 1.27. The Hall–Kier alpha value is -0.340. The van der Waals surface area contributed by atoms with Crippen molar-refractivity contribution in [3.8, 4) is 0 Å². The third-order valence-electron chi connectivity index (χ3n) is 2.42. The van der Waals surface area contributed by atoms with Crippen LogP contribution in [0.5, 0.6) is 0 Å². The maximum absolute atomic E-state index is 9.80. The highest BCUT2D eigenvalue weighted by atomic mass is 16.3. The van der Waals surface area contributed by atoms with Gasteiger partial charge in [-0.25, -0.2) is 0 Å². The summed E-state index contributed by atoms with van der Waals surface area (Å²) in [5, 5.41) is 19.2. The summed E-state index contributed by atoms with van der Waals surface area (Å²) in [6.45, 7) is 7.80. The summed E-state index contributed by atoms with van der Waals surface area (Å²) < 4.78 is 0. The van der Waals surface area contributed by atoms with E-state index in [2.05, 4.69) is 0 Å². The molecule has 0 aromatic heterocycles. The zero-order chi connectivity index (χ0) is 10.5. The van der Waals surface area contributed by atoms with Crippen LogP contribution in [0.2, 0.25) is 0 Å². The van der Waals surface area contributed by atoms with Gasteiger partial charge in [-0.3, -0.25) is 0 Å². The average Bonchev–Trinajstić information content (AvgIpc) is 2.04. The minimum Gasteiger partial charge on any atom is -0.393 e. The van der Waals surface area contributed by atoms with Crippen LogP contribution >= 0.6 is 0 Å². The van der Waals surface area contributed by atoms with E-state index in [4.69, 9.17) is 0 Å². The minimum absolute atomic E-state index is 0.245. The van der Waals surface area contributed by atoms with Crippen LogP contribution in [0.4, 0.5) is 0 Å². The maximum atomic E-state index is 9.80. The molecule has 0 aliphatic heterocycles. The van der Waals surface area contributed by atoms with E-state index in [9.17, 15) is 10.2 Å². The van der Waals surface area contributed by atoms with Crippen LogP contribution < -0.4 is 0 Å². The van der Waals surface area contributed by atoms with Gasteiger partial charge in [-0.15, -0.1) is 0 Å². The summed E-state index contributed by atoms with van der Waals surface area (Å²) in [6.07, 6.45) is 4.19. The quantitative estimate of drug-likeness (QED) is 0.646. The Morgan fingerprint density at radius 1 is 1.31 bits per heavy atom. The van der Waals surface area contributed by atoms with E-state index in [-0.39, 0.29) is 11.5 Å². The van der Waals surface area contributed by atoms with Crippen molar-refractivity contribution in [2.24, 2.45) is 5.41 Å². The van der Waals surface area contributed by atoms with Crippen LogP contribution in [0, 0.1) is 5.41 Å². The van der Waals surface area contributed by atoms with Crippen molar-refractivity contribution < 1.29 is 10.2 Å². The zero-order valence-electron chi connectivity index (χ0n) is 9.12. The summed E-state index contributed by atoms with van der Waals surface area (Å²) in [5.41, 5.74) is -0.245. The van der Waals surface area contributed by atoms with Gasteiger partial charge in [0, 0.05) is 11.8 Å². The van der Waals surface area contributed by atoms with Gasteiger partial charge in [0.2, 0.25) is 0 Å². The minimum atomic E-state index is -0.473. The molecule has 1 unspecified atom stereocenters. The van der Waals surface area contributed by atoms with Crippen LogP contribution in [0.15, 0.2) is 12.2 Å². The molecule has 0 bridgehead atoms. The number of aliphatic hydroxyl groups excluding tert-OH is 2. The topological polar surface area (TPSA) is 40.5 Å². The highest BCUT2D eigenvalue weighted by molar-refractivity contribution is 4.97. The number of aliphatic hydroxyl groups is 2. The van der Waals surface area contributed by atoms with E-state index in [1.165, 1.54) is 0 Å². The SMILES string of the molecule is CC=CC(C)(C)[C@@H](O)CC(O)CC. The van der Waals surface area contributed by atoms with E-state index >= 15 is 0 Å². The number of allylic oxidation sites excluding steroid dienone is 1. The second kappa shape index (κ2) is 5.40. The molecule has 78 valence electrons. The molecule has 0 saturated carbocycles. The fraction of sp³-hybridized carbons (Fsp3) is 0.818. The second-order valence-electron chi connectivity index (χ2n) is 4.13. The van der Waals surface area contributed by atoms with Gasteiger partial charge in [-0.1, -0.05) is 32.9 Å². The first-order valence-electron chi connectivity index (χ1n) is 4.94. The van der Waals surface area contributed by atoms with Gasteiger partial charge in [-0.2, -0.15) is 0 Å². The van der Waals surface area contributed by atoms with Gasteiger partial charge in [0.05, 0.1) is 12.2 Å². The number of hydrogen-bond acceptors (Lipinski definition) is 2. The second-order valence-corrected chi connectivity index (χ2v) is 4.13. The Kier molecular flexibility index (Phi) is 5.26. The average molecular weight is 186 g/mol. The van der Waals surface area contributed by atoms with Gasteiger partial charge in [0.25, 0.3) is 0 Å². The summed E-state index contributed by atoms with van der Waals surface area (Å²) in [6, 6.07) is 0. The Bertz CT molecular complexity index is 161. The molecule has 2 nitrogen and oxygen atoms in total. The predicted octanol–water partition coefficient (Wildman–Crippen LogP) is 2.11. The molecule has 2 atom stereocenters. The maximum Gasteiger partial charge on any atom is 0.0650 e. The highest BCUT2D eigenvalue weighted by Crippen LogP contribution is 2.26. The molecule has 0 aromatic rings. The van der Waals surface area contributed by atoms with E-state index in [1.807, 2.05) is 39.8 Å². The van der Waals surface area contributed by atoms with E-state index < -0.39 is 6.10 Å².